The smallest absolute Gasteiger partial charge is 0.250 e. The standard InChI is InChI=1S/C20H36N4O2S/c1-4-18(25)23-15-13-22(14-16-23)11-9-7-5-6-8-10-12-24-17(2)19(26)21(3)20(24)27/h17H,4-16H2,1-3H3. The largest absolute Gasteiger partial charge is 0.340 e. The molecule has 27 heavy (non-hydrogen) atoms. The molecule has 154 valence electrons. The highest BCUT2D eigenvalue weighted by Crippen LogP contribution is 2.17. The number of hydrogen-bond acceptors (Lipinski definition) is 4. The number of hydrogen-bond donors (Lipinski definition) is 0. The molecule has 7 heteroatoms. The van der Waals surface area contributed by atoms with Crippen LogP contribution in [-0.2, 0) is 9.59 Å². The molecule has 2 saturated heterocycles. The Morgan fingerprint density at radius 1 is 1.00 bits per heavy atom. The minimum Gasteiger partial charge on any atom is -0.340 e. The van der Waals surface area contributed by atoms with Gasteiger partial charge in [-0.2, -0.15) is 0 Å². The van der Waals surface area contributed by atoms with Gasteiger partial charge in [-0.25, -0.2) is 0 Å². The van der Waals surface area contributed by atoms with Gasteiger partial charge >= 0.3 is 0 Å². The summed E-state index contributed by atoms with van der Waals surface area (Å²) in [7, 11) is 1.77. The van der Waals surface area contributed by atoms with E-state index in [1.165, 1.54) is 32.1 Å². The highest BCUT2D eigenvalue weighted by molar-refractivity contribution is 7.80. The molecule has 0 aliphatic carbocycles. The van der Waals surface area contributed by atoms with Crippen molar-refractivity contribution in [3.8, 4) is 0 Å². The first-order chi connectivity index (χ1) is 13.0. The number of carbonyl (C=O) groups is 2. The van der Waals surface area contributed by atoms with Crippen LogP contribution in [-0.4, -0.2) is 88.9 Å². The lowest BCUT2D eigenvalue weighted by atomic mass is 10.1. The van der Waals surface area contributed by atoms with Gasteiger partial charge in [0.15, 0.2) is 5.11 Å². The van der Waals surface area contributed by atoms with Crippen LogP contribution in [0.25, 0.3) is 0 Å². The number of amides is 2. The average Bonchev–Trinajstić information content (AvgIpc) is 2.87. The van der Waals surface area contributed by atoms with Gasteiger partial charge in [0.05, 0.1) is 0 Å². The van der Waals surface area contributed by atoms with Gasteiger partial charge < -0.3 is 9.80 Å². The van der Waals surface area contributed by atoms with E-state index in [1.807, 2.05) is 18.7 Å². The lowest BCUT2D eigenvalue weighted by Gasteiger charge is -2.34. The van der Waals surface area contributed by atoms with Gasteiger partial charge in [-0.1, -0.05) is 32.6 Å². The van der Waals surface area contributed by atoms with Gasteiger partial charge in [0, 0.05) is 46.2 Å². The molecule has 1 atom stereocenters. The van der Waals surface area contributed by atoms with Gasteiger partial charge in [0.1, 0.15) is 6.04 Å². The Morgan fingerprint density at radius 2 is 1.56 bits per heavy atom. The summed E-state index contributed by atoms with van der Waals surface area (Å²) in [5.74, 6) is 0.398. The molecule has 0 aromatic carbocycles. The van der Waals surface area contributed by atoms with Crippen molar-refractivity contribution < 1.29 is 9.59 Å². The zero-order chi connectivity index (χ0) is 19.8. The first-order valence-corrected chi connectivity index (χ1v) is 10.9. The van der Waals surface area contributed by atoms with Crippen LogP contribution in [0, 0.1) is 0 Å². The van der Waals surface area contributed by atoms with Crippen LogP contribution in [0.15, 0.2) is 0 Å². The minimum absolute atomic E-state index is 0.101. The molecule has 0 bridgehead atoms. The maximum atomic E-state index is 11.9. The molecule has 2 rings (SSSR count). The average molecular weight is 397 g/mol. The minimum atomic E-state index is -0.101. The highest BCUT2D eigenvalue weighted by Gasteiger charge is 2.36. The van der Waals surface area contributed by atoms with Crippen LogP contribution in [0.4, 0.5) is 0 Å². The Bertz CT molecular complexity index is 520. The Morgan fingerprint density at radius 3 is 2.07 bits per heavy atom. The molecule has 2 aliphatic heterocycles. The van der Waals surface area contributed by atoms with Crippen molar-refractivity contribution in [3.63, 3.8) is 0 Å². The van der Waals surface area contributed by atoms with Gasteiger partial charge in [-0.05, 0) is 38.5 Å². The van der Waals surface area contributed by atoms with Crippen LogP contribution in [0.1, 0.15) is 58.8 Å². The van der Waals surface area contributed by atoms with E-state index in [0.29, 0.717) is 11.5 Å². The van der Waals surface area contributed by atoms with E-state index in [2.05, 4.69) is 9.80 Å². The van der Waals surface area contributed by atoms with E-state index >= 15 is 0 Å². The summed E-state index contributed by atoms with van der Waals surface area (Å²) in [5.41, 5.74) is 0. The third kappa shape index (κ3) is 6.14. The molecular formula is C20H36N4O2S. The Hall–Kier alpha value is -1.21. The molecule has 2 heterocycles. The van der Waals surface area contributed by atoms with Gasteiger partial charge in [0.25, 0.3) is 5.91 Å². The summed E-state index contributed by atoms with van der Waals surface area (Å²) in [4.78, 5) is 31.7. The molecule has 0 saturated carbocycles. The lowest BCUT2D eigenvalue weighted by Crippen LogP contribution is -2.48. The molecule has 2 fully saturated rings. The van der Waals surface area contributed by atoms with Gasteiger partial charge in [-0.15, -0.1) is 0 Å². The third-order valence-electron chi connectivity index (χ3n) is 5.84. The monoisotopic (exact) mass is 396 g/mol. The fourth-order valence-electron chi connectivity index (χ4n) is 3.92. The maximum absolute atomic E-state index is 11.9. The SMILES string of the molecule is CCC(=O)N1CCN(CCCCCCCCN2C(=S)N(C)C(=O)C2C)CC1. The van der Waals surface area contributed by atoms with E-state index in [9.17, 15) is 9.59 Å². The van der Waals surface area contributed by atoms with Crippen molar-refractivity contribution in [1.82, 2.24) is 19.6 Å². The topological polar surface area (TPSA) is 47.1 Å². The molecule has 6 nitrogen and oxygen atoms in total. The second-order valence-electron chi connectivity index (χ2n) is 7.75. The number of thiocarbonyl (C=S) groups is 1. The molecule has 0 spiro atoms. The maximum Gasteiger partial charge on any atom is 0.250 e. The lowest BCUT2D eigenvalue weighted by molar-refractivity contribution is -0.132. The number of unbranched alkanes of at least 4 members (excludes halogenated alkanes) is 5. The first kappa shape index (κ1) is 22.1. The first-order valence-electron chi connectivity index (χ1n) is 10.5. The van der Waals surface area contributed by atoms with Crippen LogP contribution in [0.3, 0.4) is 0 Å². The summed E-state index contributed by atoms with van der Waals surface area (Å²) in [6.45, 7) is 9.74. The summed E-state index contributed by atoms with van der Waals surface area (Å²) in [5, 5.41) is 0.674. The Labute approximate surface area is 169 Å². The molecule has 0 aromatic rings. The van der Waals surface area contributed by atoms with Gasteiger partial charge in [0.2, 0.25) is 5.91 Å². The molecular weight excluding hydrogens is 360 g/mol. The van der Waals surface area contributed by atoms with Crippen LogP contribution >= 0.6 is 12.2 Å². The van der Waals surface area contributed by atoms with Crippen LogP contribution < -0.4 is 0 Å². The quantitative estimate of drug-likeness (QED) is 0.419. The van der Waals surface area contributed by atoms with E-state index in [4.69, 9.17) is 12.2 Å². The Balaban J connectivity index is 1.46. The highest BCUT2D eigenvalue weighted by atomic mass is 32.1. The number of rotatable bonds is 10. The Kier molecular flexibility index (Phi) is 8.96. The van der Waals surface area contributed by atoms with Gasteiger partial charge in [-0.3, -0.25) is 19.4 Å². The van der Waals surface area contributed by atoms with E-state index < -0.39 is 0 Å². The van der Waals surface area contributed by atoms with Crippen molar-refractivity contribution >= 4 is 29.1 Å². The third-order valence-corrected chi connectivity index (χ3v) is 6.35. The van der Waals surface area contributed by atoms with Crippen molar-refractivity contribution in [2.45, 2.75) is 64.8 Å². The van der Waals surface area contributed by atoms with Crippen LogP contribution in [0.5, 0.6) is 0 Å². The van der Waals surface area contributed by atoms with E-state index in [0.717, 1.165) is 45.7 Å². The number of nitrogens with zero attached hydrogens (tertiary/aromatic N) is 4. The van der Waals surface area contributed by atoms with Crippen molar-refractivity contribution in [2.24, 2.45) is 0 Å². The fraction of sp³-hybridized carbons (Fsp3) is 0.850. The zero-order valence-electron chi connectivity index (χ0n) is 17.3. The van der Waals surface area contributed by atoms with Crippen molar-refractivity contribution in [3.05, 3.63) is 0 Å². The van der Waals surface area contributed by atoms with E-state index in [1.54, 1.807) is 11.9 Å². The number of piperazine rings is 1. The predicted octanol–water partition coefficient (Wildman–Crippen LogP) is 2.33. The fourth-order valence-corrected chi connectivity index (χ4v) is 4.26. The van der Waals surface area contributed by atoms with E-state index in [-0.39, 0.29) is 17.9 Å². The second-order valence-corrected chi connectivity index (χ2v) is 8.11. The summed E-state index contributed by atoms with van der Waals surface area (Å²) < 4.78 is 0. The van der Waals surface area contributed by atoms with Crippen molar-refractivity contribution in [1.29, 1.82) is 0 Å². The van der Waals surface area contributed by atoms with Crippen molar-refractivity contribution in [2.75, 3.05) is 46.3 Å². The number of carbonyl (C=O) groups excluding carboxylic acids is 2. The second kappa shape index (κ2) is 11.0. The van der Waals surface area contributed by atoms with Crippen LogP contribution in [0.2, 0.25) is 0 Å². The summed E-state index contributed by atoms with van der Waals surface area (Å²) in [6, 6.07) is -0.101. The molecule has 2 aliphatic rings. The zero-order valence-corrected chi connectivity index (χ0v) is 18.1. The molecule has 0 radical (unpaired) electrons. The number of likely N-dealkylation sites (N-methyl/N-ethyl adjacent to an activating group) is 1. The molecule has 1 unspecified atom stereocenters. The molecule has 2 amide bonds. The summed E-state index contributed by atoms with van der Waals surface area (Å²) >= 11 is 5.35. The summed E-state index contributed by atoms with van der Waals surface area (Å²) in [6.07, 6.45) is 7.95. The molecule has 0 N–H and O–H groups in total. The predicted molar refractivity (Wildman–Crippen MR) is 113 cm³/mol. The normalized spacial score (nSPS) is 21.4. The molecule has 0 aromatic heterocycles.